The van der Waals surface area contributed by atoms with Crippen molar-refractivity contribution in [1.29, 1.82) is 0 Å². The predicted octanol–water partition coefficient (Wildman–Crippen LogP) is 2.77. The Morgan fingerprint density at radius 2 is 1.31 bits per heavy atom. The number of nitrogens with zero attached hydrogens (tertiary/aromatic N) is 4. The van der Waals surface area contributed by atoms with Gasteiger partial charge in [0.2, 0.25) is 0 Å². The molecule has 8 bridgehead atoms. The van der Waals surface area contributed by atoms with Gasteiger partial charge in [-0.25, -0.2) is 20.0 Å². The van der Waals surface area contributed by atoms with Gasteiger partial charge in [0.1, 0.15) is 40.6 Å². The van der Waals surface area contributed by atoms with Gasteiger partial charge in [0.15, 0.2) is 11.6 Å². The third kappa shape index (κ3) is 5.71. The molecule has 7 aliphatic heterocycles. The van der Waals surface area contributed by atoms with Crippen LogP contribution < -0.4 is 0 Å². The maximum absolute atomic E-state index is 14.5. The minimum absolute atomic E-state index is 0.0391. The molecule has 0 radical (unpaired) electrons. The highest BCUT2D eigenvalue weighted by atomic mass is 16.6. The first-order valence-corrected chi connectivity index (χ1v) is 17.2. The zero-order valence-corrected chi connectivity index (χ0v) is 29.6. The summed E-state index contributed by atoms with van der Waals surface area (Å²) >= 11 is 0. The van der Waals surface area contributed by atoms with Crippen LogP contribution in [-0.2, 0) is 28.6 Å². The number of allylic oxidation sites excluding steroid dienone is 8. The van der Waals surface area contributed by atoms with Crippen molar-refractivity contribution in [2.75, 3.05) is 0 Å². The Bertz CT molecular complexity index is 1960. The smallest absolute Gasteiger partial charge is 0.302 e. The summed E-state index contributed by atoms with van der Waals surface area (Å²) in [5, 5.41) is 32.1. The summed E-state index contributed by atoms with van der Waals surface area (Å²) in [7, 11) is 0. The van der Waals surface area contributed by atoms with Crippen LogP contribution >= 0.6 is 0 Å². The molecule has 0 aromatic heterocycles. The molecule has 7 aliphatic rings. The van der Waals surface area contributed by atoms with Gasteiger partial charge in [0.05, 0.1) is 64.7 Å². The van der Waals surface area contributed by atoms with Crippen LogP contribution in [-0.4, -0.2) is 105 Å². The highest BCUT2D eigenvalue weighted by Gasteiger charge is 2.58. The van der Waals surface area contributed by atoms with Gasteiger partial charge in [-0.05, 0) is 89.1 Å². The maximum Gasteiger partial charge on any atom is 0.302 e. The Kier molecular flexibility index (Phi) is 8.58. The summed E-state index contributed by atoms with van der Waals surface area (Å²) in [4.78, 5) is 60.3. The largest absolute Gasteiger partial charge is 0.460 e. The van der Waals surface area contributed by atoms with Crippen LogP contribution in [0.2, 0.25) is 0 Å². The number of hydrogen-bond donors (Lipinski definition) is 3. The molecular formula is C38H42N4O9. The van der Waals surface area contributed by atoms with E-state index in [0.29, 0.717) is 34.2 Å². The van der Waals surface area contributed by atoms with Crippen molar-refractivity contribution < 1.29 is 43.9 Å². The van der Waals surface area contributed by atoms with Crippen LogP contribution in [0.4, 0.5) is 0 Å². The van der Waals surface area contributed by atoms with E-state index in [1.807, 2.05) is 13.8 Å². The minimum Gasteiger partial charge on any atom is -0.460 e. The Balaban J connectivity index is 1.38. The van der Waals surface area contributed by atoms with Crippen LogP contribution in [0, 0.1) is 10.8 Å². The zero-order chi connectivity index (χ0) is 36.7. The highest BCUT2D eigenvalue weighted by Crippen LogP contribution is 2.47. The number of Topliss-reactive ketones (excluding diaryl/α,β-unsaturated/α-hetero) is 2. The number of aliphatic imine (C=N–C) groups is 4. The van der Waals surface area contributed by atoms with Crippen LogP contribution in [0.1, 0.15) is 61.3 Å². The van der Waals surface area contributed by atoms with Crippen LogP contribution in [0.15, 0.2) is 90.4 Å². The van der Waals surface area contributed by atoms with E-state index in [2.05, 4.69) is 0 Å². The molecule has 0 aliphatic carbocycles. The molecule has 7 rings (SSSR count). The fourth-order valence-electron chi connectivity index (χ4n) is 7.85. The minimum atomic E-state index is -1.44. The summed E-state index contributed by atoms with van der Waals surface area (Å²) < 4.78 is 18.0. The first-order valence-electron chi connectivity index (χ1n) is 17.2. The van der Waals surface area contributed by atoms with E-state index in [9.17, 15) is 29.7 Å². The van der Waals surface area contributed by atoms with E-state index in [1.165, 1.54) is 6.92 Å². The second-order valence-corrected chi connectivity index (χ2v) is 14.7. The Morgan fingerprint density at radius 1 is 0.725 bits per heavy atom. The normalized spacial score (nSPS) is 39.2. The van der Waals surface area contributed by atoms with Crippen LogP contribution in [0.3, 0.4) is 0 Å². The third-order valence-corrected chi connectivity index (χ3v) is 11.0. The monoisotopic (exact) mass is 698 g/mol. The van der Waals surface area contributed by atoms with E-state index in [-0.39, 0.29) is 35.8 Å². The first kappa shape index (κ1) is 35.1. The van der Waals surface area contributed by atoms with Crippen LogP contribution in [0.5, 0.6) is 0 Å². The first-order chi connectivity index (χ1) is 24.0. The van der Waals surface area contributed by atoms with Gasteiger partial charge in [-0.3, -0.25) is 14.4 Å². The average molecular weight is 699 g/mol. The molecule has 13 nitrogen and oxygen atoms in total. The summed E-state index contributed by atoms with van der Waals surface area (Å²) in [6, 6.07) is 0. The van der Waals surface area contributed by atoms with E-state index < -0.39 is 65.6 Å². The number of rotatable bonds is 3. The van der Waals surface area contributed by atoms with Crippen molar-refractivity contribution in [3.8, 4) is 0 Å². The van der Waals surface area contributed by atoms with Gasteiger partial charge in [0.25, 0.3) is 0 Å². The molecule has 0 aromatic carbocycles. The van der Waals surface area contributed by atoms with Gasteiger partial charge in [-0.15, -0.1) is 0 Å². The number of fused-ring (bicyclic) bond motifs is 4. The molecule has 51 heavy (non-hydrogen) atoms. The fraction of sp³-hybridized carbons (Fsp3) is 0.500. The number of carbonyl (C=O) groups excluding carboxylic acids is 3. The number of ketones is 2. The molecule has 2 fully saturated rings. The molecule has 13 heteroatoms. The number of hydrogen-bond acceptors (Lipinski definition) is 13. The average Bonchev–Trinajstić information content (AvgIpc) is 3.72. The summed E-state index contributed by atoms with van der Waals surface area (Å²) in [5.41, 5.74) is 1.36. The fourth-order valence-corrected chi connectivity index (χ4v) is 7.85. The molecule has 0 aromatic rings. The third-order valence-electron chi connectivity index (χ3n) is 11.0. The lowest BCUT2D eigenvalue weighted by Gasteiger charge is -2.44. The molecule has 0 amide bonds. The van der Waals surface area contributed by atoms with Gasteiger partial charge in [0, 0.05) is 19.8 Å². The zero-order valence-electron chi connectivity index (χ0n) is 29.6. The lowest BCUT2D eigenvalue weighted by Crippen LogP contribution is -2.57. The number of carbonyl (C=O) groups is 3. The molecule has 268 valence electrons. The lowest BCUT2D eigenvalue weighted by molar-refractivity contribution is -0.206. The SMILES string of the molecule is CC(=O)O[C@@H]1C[C@@H](O)[C@@H](C)O[C@H]1[C@]1(C)C(=O)C2=NC1=CC1=NC(=CC3=NC(=CC4=NC(=C2)C=C4C)[C@@](C)([C@@H]2O[C@H](C)[C@H](O)C[C@H]2O)C3=O)C(C)=C1. The second kappa shape index (κ2) is 12.4. The van der Waals surface area contributed by atoms with Crippen molar-refractivity contribution in [1.82, 2.24) is 0 Å². The molecule has 0 spiro atoms. The molecule has 0 unspecified atom stereocenters. The number of esters is 1. The van der Waals surface area contributed by atoms with Crippen molar-refractivity contribution in [2.24, 2.45) is 30.8 Å². The Labute approximate surface area is 295 Å². The quantitative estimate of drug-likeness (QED) is 0.372. The maximum atomic E-state index is 14.5. The van der Waals surface area contributed by atoms with Gasteiger partial charge >= 0.3 is 5.97 Å². The summed E-state index contributed by atoms with van der Waals surface area (Å²) in [6.45, 7) is 11.7. The number of aliphatic hydroxyl groups excluding tert-OH is 3. The summed E-state index contributed by atoms with van der Waals surface area (Å²) in [5.74, 6) is -1.31. The van der Waals surface area contributed by atoms with Gasteiger partial charge in [-0.1, -0.05) is 0 Å². The lowest BCUT2D eigenvalue weighted by atomic mass is 9.73. The van der Waals surface area contributed by atoms with E-state index >= 15 is 0 Å². The molecule has 0 saturated carbocycles. The molecular weight excluding hydrogens is 656 g/mol. The highest BCUT2D eigenvalue weighted by molar-refractivity contribution is 6.50. The van der Waals surface area contributed by atoms with Crippen molar-refractivity contribution in [3.63, 3.8) is 0 Å². The Hall–Kier alpha value is -4.27. The molecule has 7 heterocycles. The Morgan fingerprint density at radius 3 is 1.98 bits per heavy atom. The van der Waals surface area contributed by atoms with Crippen molar-refractivity contribution in [2.45, 2.75) is 110 Å². The van der Waals surface area contributed by atoms with Crippen molar-refractivity contribution >= 4 is 40.4 Å². The van der Waals surface area contributed by atoms with Crippen molar-refractivity contribution in [3.05, 3.63) is 70.4 Å². The second-order valence-electron chi connectivity index (χ2n) is 14.7. The van der Waals surface area contributed by atoms with E-state index in [0.717, 1.165) is 11.1 Å². The van der Waals surface area contributed by atoms with E-state index in [1.54, 1.807) is 64.2 Å². The number of aliphatic hydroxyl groups is 3. The molecule has 10 atom stereocenters. The van der Waals surface area contributed by atoms with Gasteiger partial charge < -0.3 is 29.5 Å². The standard InChI is InChI=1S/C38H42N4O9/c1-16-9-22-11-31-38(7,36-30(51-20(5)43)15-28(45)19(4)50-36)33(47)25(41-31)10-21-8-17(2)24(39-21)13-32-37(6,34(48)26(42-32)12-23(16)40-22)35-29(46)14-27(44)18(3)49-35/h8-13,18-19,27-30,35-36,44-46H,14-15H2,1-7H3/t18-,19-,27-,28-,29-,30-,35-,36-,37-,38+/m1/s1. The molecule has 3 N–H and O–H groups in total. The molecule has 2 saturated heterocycles. The predicted molar refractivity (Wildman–Crippen MR) is 187 cm³/mol. The van der Waals surface area contributed by atoms with Gasteiger partial charge in [-0.2, -0.15) is 0 Å². The topological polar surface area (TPSA) is 189 Å². The van der Waals surface area contributed by atoms with Crippen LogP contribution in [0.25, 0.3) is 0 Å². The summed E-state index contributed by atoms with van der Waals surface area (Å²) in [6.07, 6.45) is 3.15. The van der Waals surface area contributed by atoms with E-state index in [4.69, 9.17) is 34.2 Å². The number of ether oxygens (including phenoxy) is 3.